The number of nitrogens with zero attached hydrogens (tertiary/aromatic N) is 1. The van der Waals surface area contributed by atoms with Gasteiger partial charge >= 0.3 is 5.97 Å². The summed E-state index contributed by atoms with van der Waals surface area (Å²) in [5.74, 6) is -2.53. The Bertz CT molecular complexity index is 1150. The first-order chi connectivity index (χ1) is 15.6. The molecule has 0 spiro atoms. The van der Waals surface area contributed by atoms with Gasteiger partial charge in [-0.15, -0.1) is 0 Å². The molecule has 1 amide bonds. The molecule has 1 saturated heterocycles. The molecule has 8 nitrogen and oxygen atoms in total. The van der Waals surface area contributed by atoms with E-state index in [-0.39, 0.29) is 41.6 Å². The molecule has 0 saturated carbocycles. The molecule has 0 aromatic heterocycles. The third-order valence-electron chi connectivity index (χ3n) is 5.02. The zero-order valence-electron chi connectivity index (χ0n) is 17.5. The quantitative estimate of drug-likeness (QED) is 0.556. The summed E-state index contributed by atoms with van der Waals surface area (Å²) in [6, 6.07) is 7.73. The average Bonchev–Trinajstić information content (AvgIpc) is 3.20. The molecule has 1 N–H and O–H groups in total. The molecule has 0 bridgehead atoms. The van der Waals surface area contributed by atoms with Gasteiger partial charge in [0.05, 0.1) is 23.6 Å². The van der Waals surface area contributed by atoms with Crippen LogP contribution in [-0.2, 0) is 24.3 Å². The normalized spacial score (nSPS) is 18.2. The first-order valence-electron chi connectivity index (χ1n) is 9.85. The van der Waals surface area contributed by atoms with Crippen LogP contribution in [0.15, 0.2) is 47.4 Å². The number of benzene rings is 2. The highest BCUT2D eigenvalue weighted by Crippen LogP contribution is 2.26. The number of carbonyl (C=O) groups is 2. The van der Waals surface area contributed by atoms with E-state index in [1.165, 1.54) is 30.2 Å². The zero-order chi connectivity index (χ0) is 24.2. The van der Waals surface area contributed by atoms with Gasteiger partial charge in [-0.2, -0.15) is 0 Å². The van der Waals surface area contributed by atoms with Crippen molar-refractivity contribution in [2.45, 2.75) is 29.9 Å². The molecule has 1 aliphatic rings. The van der Waals surface area contributed by atoms with Gasteiger partial charge < -0.3 is 14.4 Å². The lowest BCUT2D eigenvalue weighted by Gasteiger charge is -2.22. The number of nitrogens with one attached hydrogen (secondary N) is 1. The first-order valence-corrected chi connectivity index (χ1v) is 11.7. The number of carbonyl (C=O) groups excluding carboxylic acids is 2. The molecular weight excluding hydrogens is 482 g/mol. The minimum absolute atomic E-state index is 0.00669. The molecule has 2 aromatic carbocycles. The Balaban J connectivity index is 1.63. The predicted octanol–water partition coefficient (Wildman–Crippen LogP) is 2.51. The molecule has 0 radical (unpaired) electrons. The SMILES string of the molecule is COC(=O)C1CC(Oc2ccccc2F)CN1C(=O)CCNS(=O)(=O)c1ccc(F)c(Cl)c1. The Morgan fingerprint density at radius 2 is 1.91 bits per heavy atom. The van der Waals surface area contributed by atoms with Crippen molar-refractivity contribution in [2.75, 3.05) is 20.2 Å². The Hall–Kier alpha value is -2.76. The summed E-state index contributed by atoms with van der Waals surface area (Å²) in [6.07, 6.45) is -0.839. The molecule has 3 rings (SSSR count). The maximum absolute atomic E-state index is 13.9. The van der Waals surface area contributed by atoms with E-state index in [4.69, 9.17) is 21.1 Å². The minimum atomic E-state index is -4.04. The molecule has 1 fully saturated rings. The standard InChI is InChI=1S/C21H21ClF2N2O6S/c1-31-21(28)18-10-13(32-19-5-3-2-4-17(19)24)12-26(18)20(27)8-9-25-33(29,30)14-6-7-16(23)15(22)11-14/h2-7,11,13,18,25H,8-10,12H2,1H3. The summed E-state index contributed by atoms with van der Waals surface area (Å²) >= 11 is 5.62. The highest BCUT2D eigenvalue weighted by Gasteiger charge is 2.41. The largest absolute Gasteiger partial charge is 0.485 e. The van der Waals surface area contributed by atoms with Crippen molar-refractivity contribution in [3.05, 3.63) is 59.1 Å². The van der Waals surface area contributed by atoms with E-state index < -0.39 is 45.7 Å². The van der Waals surface area contributed by atoms with Crippen molar-refractivity contribution in [1.29, 1.82) is 0 Å². The molecule has 33 heavy (non-hydrogen) atoms. The molecule has 1 heterocycles. The first kappa shape index (κ1) is 24.9. The molecule has 2 aromatic rings. The van der Waals surface area contributed by atoms with Gasteiger partial charge in [-0.05, 0) is 30.3 Å². The Morgan fingerprint density at radius 1 is 1.18 bits per heavy atom. The van der Waals surface area contributed by atoms with Gasteiger partial charge in [0, 0.05) is 19.4 Å². The van der Waals surface area contributed by atoms with Crippen LogP contribution in [-0.4, -0.2) is 57.5 Å². The van der Waals surface area contributed by atoms with Gasteiger partial charge in [-0.25, -0.2) is 26.7 Å². The van der Waals surface area contributed by atoms with E-state index >= 15 is 0 Å². The number of likely N-dealkylation sites (tertiary alicyclic amines) is 1. The second kappa shape index (κ2) is 10.4. The van der Waals surface area contributed by atoms with Crippen LogP contribution in [0.1, 0.15) is 12.8 Å². The van der Waals surface area contributed by atoms with Crippen molar-refractivity contribution in [3.8, 4) is 5.75 Å². The van der Waals surface area contributed by atoms with Gasteiger partial charge in [0.1, 0.15) is 18.0 Å². The number of hydrogen-bond donors (Lipinski definition) is 1. The van der Waals surface area contributed by atoms with Gasteiger partial charge in [-0.3, -0.25) is 4.79 Å². The van der Waals surface area contributed by atoms with E-state index in [2.05, 4.69) is 4.72 Å². The van der Waals surface area contributed by atoms with E-state index in [1.807, 2.05) is 0 Å². The van der Waals surface area contributed by atoms with Crippen molar-refractivity contribution >= 4 is 33.5 Å². The molecule has 12 heteroatoms. The van der Waals surface area contributed by atoms with E-state index in [9.17, 15) is 26.8 Å². The zero-order valence-corrected chi connectivity index (χ0v) is 19.0. The van der Waals surface area contributed by atoms with Gasteiger partial charge in [0.15, 0.2) is 11.6 Å². The Labute approximate surface area is 194 Å². The number of halogens is 3. The number of ether oxygens (including phenoxy) is 2. The topological polar surface area (TPSA) is 102 Å². The Morgan fingerprint density at radius 3 is 2.58 bits per heavy atom. The lowest BCUT2D eigenvalue weighted by molar-refractivity contribution is -0.150. The smallest absolute Gasteiger partial charge is 0.328 e. The van der Waals surface area contributed by atoms with Crippen LogP contribution in [0.3, 0.4) is 0 Å². The fourth-order valence-electron chi connectivity index (χ4n) is 3.40. The minimum Gasteiger partial charge on any atom is -0.485 e. The van der Waals surface area contributed by atoms with Crippen LogP contribution in [0.2, 0.25) is 5.02 Å². The van der Waals surface area contributed by atoms with Crippen LogP contribution in [0.5, 0.6) is 5.75 Å². The number of hydrogen-bond acceptors (Lipinski definition) is 6. The highest BCUT2D eigenvalue weighted by molar-refractivity contribution is 7.89. The van der Waals surface area contributed by atoms with E-state index in [0.29, 0.717) is 0 Å². The van der Waals surface area contributed by atoms with Crippen molar-refractivity contribution < 1.29 is 36.3 Å². The maximum Gasteiger partial charge on any atom is 0.328 e. The summed E-state index contributed by atoms with van der Waals surface area (Å²) in [6.45, 7) is -0.285. The van der Waals surface area contributed by atoms with Crippen LogP contribution in [0.4, 0.5) is 8.78 Å². The number of sulfonamides is 1. The maximum atomic E-state index is 13.9. The van der Waals surface area contributed by atoms with Crippen LogP contribution in [0.25, 0.3) is 0 Å². The second-order valence-electron chi connectivity index (χ2n) is 7.21. The van der Waals surface area contributed by atoms with Crippen LogP contribution < -0.4 is 9.46 Å². The summed E-state index contributed by atoms with van der Waals surface area (Å²) < 4.78 is 64.5. The van der Waals surface area contributed by atoms with Crippen LogP contribution in [0, 0.1) is 11.6 Å². The van der Waals surface area contributed by atoms with Crippen molar-refractivity contribution in [2.24, 2.45) is 0 Å². The fourth-order valence-corrected chi connectivity index (χ4v) is 4.70. The second-order valence-corrected chi connectivity index (χ2v) is 9.39. The molecular formula is C21H21ClF2N2O6S. The van der Waals surface area contributed by atoms with Gasteiger partial charge in [0.2, 0.25) is 15.9 Å². The fraction of sp³-hybridized carbons (Fsp3) is 0.333. The third kappa shape index (κ3) is 5.98. The van der Waals surface area contributed by atoms with Gasteiger partial charge in [0.25, 0.3) is 0 Å². The summed E-state index contributed by atoms with van der Waals surface area (Å²) in [4.78, 5) is 25.9. The number of amides is 1. The molecule has 0 aliphatic carbocycles. The summed E-state index contributed by atoms with van der Waals surface area (Å²) in [5.41, 5.74) is 0. The Kier molecular flexibility index (Phi) is 7.88. The van der Waals surface area contributed by atoms with E-state index in [0.717, 1.165) is 18.2 Å². The van der Waals surface area contributed by atoms with Crippen LogP contribution >= 0.6 is 11.6 Å². The molecule has 178 valence electrons. The third-order valence-corrected chi connectivity index (χ3v) is 6.77. The molecule has 1 aliphatic heterocycles. The number of esters is 1. The van der Waals surface area contributed by atoms with Gasteiger partial charge in [-0.1, -0.05) is 23.7 Å². The summed E-state index contributed by atoms with van der Waals surface area (Å²) in [5, 5.41) is -0.354. The monoisotopic (exact) mass is 502 g/mol. The number of methoxy groups -OCH3 is 1. The number of rotatable bonds is 8. The lowest BCUT2D eigenvalue weighted by Crippen LogP contribution is -2.42. The molecule has 2 atom stereocenters. The number of para-hydroxylation sites is 1. The predicted molar refractivity (Wildman–Crippen MR) is 114 cm³/mol. The van der Waals surface area contributed by atoms with Crippen molar-refractivity contribution in [1.82, 2.24) is 9.62 Å². The van der Waals surface area contributed by atoms with E-state index in [1.54, 1.807) is 6.07 Å². The highest BCUT2D eigenvalue weighted by atomic mass is 35.5. The lowest BCUT2D eigenvalue weighted by atomic mass is 10.2. The average molecular weight is 503 g/mol. The van der Waals surface area contributed by atoms with Crippen molar-refractivity contribution in [3.63, 3.8) is 0 Å². The molecule has 2 unspecified atom stereocenters. The summed E-state index contributed by atoms with van der Waals surface area (Å²) in [7, 11) is -2.86.